The molecule has 2 N–H and O–H groups in total. The van der Waals surface area contributed by atoms with Gasteiger partial charge in [0.25, 0.3) is 0 Å². The second-order valence-corrected chi connectivity index (χ2v) is 4.25. The number of nitrogens with one attached hydrogen (secondary N) is 2. The maximum Gasteiger partial charge on any atom is 0.234 e. The fourth-order valence-corrected chi connectivity index (χ4v) is 2.31. The number of nitrogens with zero attached hydrogens (tertiary/aromatic N) is 1. The van der Waals surface area contributed by atoms with Gasteiger partial charge in [0.05, 0.1) is 6.54 Å². The molecule has 0 aromatic heterocycles. The summed E-state index contributed by atoms with van der Waals surface area (Å²) in [6.07, 6.45) is 2.40. The fraction of sp³-hybridized carbons (Fsp3) is 0.889. The molecule has 2 rings (SSSR count). The Balaban J connectivity index is 1.99. The minimum absolute atomic E-state index is 0.124. The number of likely N-dealkylation sites (tertiary alicyclic amines) is 1. The molecule has 4 heteroatoms. The molecule has 2 heterocycles. The van der Waals surface area contributed by atoms with Gasteiger partial charge in [0.15, 0.2) is 0 Å². The van der Waals surface area contributed by atoms with Gasteiger partial charge in [-0.3, -0.25) is 10.1 Å². The van der Waals surface area contributed by atoms with Crippen LogP contribution in [0.25, 0.3) is 0 Å². The number of rotatable bonds is 0. The number of piperazine rings is 1. The van der Waals surface area contributed by atoms with Crippen LogP contribution in [-0.2, 0) is 4.79 Å². The topological polar surface area (TPSA) is 44.4 Å². The molecular formula is C9H17N3O. The second-order valence-electron chi connectivity index (χ2n) is 4.25. The SMILES string of the molecule is CN1CCCC2(CNC(=O)CN2)C1. The number of amides is 1. The Labute approximate surface area is 78.7 Å². The Bertz CT molecular complexity index is 207. The van der Waals surface area contributed by atoms with Gasteiger partial charge in [-0.2, -0.15) is 0 Å². The van der Waals surface area contributed by atoms with Crippen LogP contribution < -0.4 is 10.6 Å². The maximum atomic E-state index is 11.0. The number of hydrogen-bond donors (Lipinski definition) is 2. The van der Waals surface area contributed by atoms with E-state index in [2.05, 4.69) is 22.6 Å². The molecule has 0 radical (unpaired) electrons. The highest BCUT2D eigenvalue weighted by atomic mass is 16.2. The average Bonchev–Trinajstić information content (AvgIpc) is 2.11. The number of piperidine rings is 1. The van der Waals surface area contributed by atoms with Gasteiger partial charge in [-0.15, -0.1) is 0 Å². The quantitative estimate of drug-likeness (QED) is 0.515. The summed E-state index contributed by atoms with van der Waals surface area (Å²) in [6.45, 7) is 3.49. The summed E-state index contributed by atoms with van der Waals surface area (Å²) < 4.78 is 0. The molecule has 4 nitrogen and oxygen atoms in total. The van der Waals surface area contributed by atoms with Crippen LogP contribution in [-0.4, -0.2) is 49.6 Å². The van der Waals surface area contributed by atoms with Crippen LogP contribution in [0.1, 0.15) is 12.8 Å². The maximum absolute atomic E-state index is 11.0. The summed E-state index contributed by atoms with van der Waals surface area (Å²) in [5, 5.41) is 6.30. The standard InChI is InChI=1S/C9H17N3O/c1-12-4-2-3-9(7-12)6-10-8(13)5-11-9/h11H,2-7H2,1H3,(H,10,13). The zero-order valence-electron chi connectivity index (χ0n) is 8.10. The fourth-order valence-electron chi connectivity index (χ4n) is 2.31. The van der Waals surface area contributed by atoms with Crippen LogP contribution in [0.4, 0.5) is 0 Å². The van der Waals surface area contributed by atoms with Gasteiger partial charge in [-0.1, -0.05) is 0 Å². The van der Waals surface area contributed by atoms with Crippen molar-refractivity contribution in [3.63, 3.8) is 0 Å². The molecule has 2 fully saturated rings. The molecule has 0 aliphatic carbocycles. The third kappa shape index (κ3) is 1.84. The molecule has 0 aromatic carbocycles. The van der Waals surface area contributed by atoms with Gasteiger partial charge in [0.1, 0.15) is 0 Å². The van der Waals surface area contributed by atoms with Gasteiger partial charge in [-0.25, -0.2) is 0 Å². The first-order valence-corrected chi connectivity index (χ1v) is 4.91. The number of carbonyl (C=O) groups excluding carboxylic acids is 1. The molecule has 1 unspecified atom stereocenters. The van der Waals surface area contributed by atoms with Crippen molar-refractivity contribution in [2.24, 2.45) is 0 Å². The minimum Gasteiger partial charge on any atom is -0.353 e. The summed E-state index contributed by atoms with van der Waals surface area (Å²) >= 11 is 0. The smallest absolute Gasteiger partial charge is 0.234 e. The van der Waals surface area contributed by atoms with Gasteiger partial charge in [0, 0.05) is 18.6 Å². The van der Waals surface area contributed by atoms with Crippen LogP contribution in [0.15, 0.2) is 0 Å². The van der Waals surface area contributed by atoms with E-state index in [0.717, 1.165) is 13.1 Å². The van der Waals surface area contributed by atoms with Crippen LogP contribution in [0.2, 0.25) is 0 Å². The molecule has 1 atom stereocenters. The van der Waals surface area contributed by atoms with Gasteiger partial charge < -0.3 is 10.2 Å². The largest absolute Gasteiger partial charge is 0.353 e. The van der Waals surface area contributed by atoms with E-state index in [-0.39, 0.29) is 11.4 Å². The van der Waals surface area contributed by atoms with Gasteiger partial charge in [0.2, 0.25) is 5.91 Å². The predicted molar refractivity (Wildman–Crippen MR) is 50.5 cm³/mol. The predicted octanol–water partition coefficient (Wildman–Crippen LogP) is -0.830. The molecule has 2 aliphatic heterocycles. The van der Waals surface area contributed by atoms with Crippen LogP contribution >= 0.6 is 0 Å². The Morgan fingerprint density at radius 3 is 3.00 bits per heavy atom. The van der Waals surface area contributed by atoms with Crippen molar-refractivity contribution in [3.8, 4) is 0 Å². The highest BCUT2D eigenvalue weighted by Crippen LogP contribution is 2.20. The first kappa shape index (κ1) is 8.97. The second kappa shape index (κ2) is 3.27. The molecule has 74 valence electrons. The Morgan fingerprint density at radius 1 is 1.54 bits per heavy atom. The Kier molecular flexibility index (Phi) is 2.26. The first-order chi connectivity index (χ1) is 6.20. The summed E-state index contributed by atoms with van der Waals surface area (Å²) in [5.74, 6) is 0.124. The minimum atomic E-state index is 0.124. The summed E-state index contributed by atoms with van der Waals surface area (Å²) in [4.78, 5) is 13.3. The lowest BCUT2D eigenvalue weighted by molar-refractivity contribution is -0.123. The molecule has 0 aromatic rings. The Morgan fingerprint density at radius 2 is 2.38 bits per heavy atom. The van der Waals surface area contributed by atoms with Crippen molar-refractivity contribution in [1.82, 2.24) is 15.5 Å². The first-order valence-electron chi connectivity index (χ1n) is 4.91. The van der Waals surface area contributed by atoms with Crippen molar-refractivity contribution in [3.05, 3.63) is 0 Å². The average molecular weight is 183 g/mol. The number of hydrogen-bond acceptors (Lipinski definition) is 3. The van der Waals surface area contributed by atoms with Gasteiger partial charge >= 0.3 is 0 Å². The van der Waals surface area contributed by atoms with E-state index >= 15 is 0 Å². The van der Waals surface area contributed by atoms with E-state index in [9.17, 15) is 4.79 Å². The lowest BCUT2D eigenvalue weighted by Gasteiger charge is -2.44. The lowest BCUT2D eigenvalue weighted by Crippen LogP contribution is -2.67. The highest BCUT2D eigenvalue weighted by molar-refractivity contribution is 5.79. The summed E-state index contributed by atoms with van der Waals surface area (Å²) in [5.41, 5.74) is 0.154. The third-order valence-electron chi connectivity index (χ3n) is 3.02. The monoisotopic (exact) mass is 183 g/mol. The number of carbonyl (C=O) groups is 1. The third-order valence-corrected chi connectivity index (χ3v) is 3.02. The van der Waals surface area contributed by atoms with E-state index in [1.165, 1.54) is 19.4 Å². The molecule has 1 spiro atoms. The van der Waals surface area contributed by atoms with E-state index in [4.69, 9.17) is 0 Å². The zero-order chi connectivity index (χ0) is 9.31. The highest BCUT2D eigenvalue weighted by Gasteiger charge is 2.36. The molecule has 2 saturated heterocycles. The van der Waals surface area contributed by atoms with Crippen LogP contribution in [0.3, 0.4) is 0 Å². The summed E-state index contributed by atoms with van der Waals surface area (Å²) in [7, 11) is 2.14. The lowest BCUT2D eigenvalue weighted by atomic mass is 9.88. The molecular weight excluding hydrogens is 166 g/mol. The molecule has 13 heavy (non-hydrogen) atoms. The zero-order valence-corrected chi connectivity index (χ0v) is 8.10. The van der Waals surface area contributed by atoms with Crippen molar-refractivity contribution in [1.29, 1.82) is 0 Å². The van der Waals surface area contributed by atoms with Crippen LogP contribution in [0.5, 0.6) is 0 Å². The van der Waals surface area contributed by atoms with Crippen molar-refractivity contribution in [2.45, 2.75) is 18.4 Å². The van der Waals surface area contributed by atoms with E-state index < -0.39 is 0 Å². The normalized spacial score (nSPS) is 36.2. The van der Waals surface area contributed by atoms with E-state index in [1.807, 2.05) is 0 Å². The molecule has 1 amide bonds. The van der Waals surface area contributed by atoms with Gasteiger partial charge in [-0.05, 0) is 26.4 Å². The van der Waals surface area contributed by atoms with Crippen molar-refractivity contribution in [2.75, 3.05) is 33.2 Å². The Hall–Kier alpha value is -0.610. The van der Waals surface area contributed by atoms with Crippen LogP contribution in [0, 0.1) is 0 Å². The van der Waals surface area contributed by atoms with E-state index in [1.54, 1.807) is 0 Å². The van der Waals surface area contributed by atoms with Crippen molar-refractivity contribution < 1.29 is 4.79 Å². The molecule has 0 saturated carbocycles. The van der Waals surface area contributed by atoms with E-state index in [0.29, 0.717) is 6.54 Å². The molecule has 0 bridgehead atoms. The molecule has 2 aliphatic rings. The number of likely N-dealkylation sites (N-methyl/N-ethyl adjacent to an activating group) is 1. The summed E-state index contributed by atoms with van der Waals surface area (Å²) in [6, 6.07) is 0. The van der Waals surface area contributed by atoms with Crippen molar-refractivity contribution >= 4 is 5.91 Å².